The third kappa shape index (κ3) is 2.45. The number of hydrogen-bond acceptors (Lipinski definition) is 5. The van der Waals surface area contributed by atoms with E-state index in [0.717, 1.165) is 5.39 Å². The highest BCUT2D eigenvalue weighted by Gasteiger charge is 2.19. The van der Waals surface area contributed by atoms with Gasteiger partial charge in [0, 0.05) is 11.6 Å². The van der Waals surface area contributed by atoms with E-state index in [9.17, 15) is 9.18 Å². The van der Waals surface area contributed by atoms with Crippen LogP contribution < -0.4 is 0 Å². The Kier molecular flexibility index (Phi) is 3.31. The van der Waals surface area contributed by atoms with Crippen molar-refractivity contribution in [3.63, 3.8) is 0 Å². The minimum Gasteiger partial charge on any atom is -0.461 e. The van der Waals surface area contributed by atoms with Crippen LogP contribution in [0.25, 0.3) is 22.2 Å². The fourth-order valence-electron chi connectivity index (χ4n) is 1.99. The van der Waals surface area contributed by atoms with E-state index in [-0.39, 0.29) is 18.1 Å². The average Bonchev–Trinajstić information content (AvgIpc) is 2.96. The Labute approximate surface area is 119 Å². The molecule has 0 aliphatic rings. The Morgan fingerprint density at radius 2 is 2.19 bits per heavy atom. The molecule has 0 aliphatic heterocycles. The number of carbonyl (C=O) groups excluding carboxylic acids is 1. The molecule has 0 saturated heterocycles. The SMILES string of the molecule is CCOC(=O)c1[nH]nnc1-c1cc2ccc(F)cc2cn1. The molecule has 0 spiro atoms. The molecule has 0 unspecified atom stereocenters. The first kappa shape index (κ1) is 13.2. The van der Waals surface area contributed by atoms with Gasteiger partial charge in [0.25, 0.3) is 0 Å². The standard InChI is InChI=1S/C14H11FN4O2/c1-2-21-14(20)13-12(17-19-18-13)11-6-8-3-4-10(15)5-9(8)7-16-11/h3-7H,2H2,1H3,(H,17,18,19). The van der Waals surface area contributed by atoms with E-state index in [0.29, 0.717) is 16.8 Å². The van der Waals surface area contributed by atoms with E-state index in [1.54, 1.807) is 19.1 Å². The number of benzene rings is 1. The van der Waals surface area contributed by atoms with Crippen LogP contribution in [0, 0.1) is 5.82 Å². The molecule has 2 aromatic heterocycles. The van der Waals surface area contributed by atoms with Crippen molar-refractivity contribution in [3.05, 3.63) is 42.0 Å². The largest absolute Gasteiger partial charge is 0.461 e. The van der Waals surface area contributed by atoms with Crippen LogP contribution in [-0.2, 0) is 4.74 Å². The topological polar surface area (TPSA) is 80.8 Å². The third-order valence-corrected chi connectivity index (χ3v) is 2.95. The van der Waals surface area contributed by atoms with Crippen LogP contribution in [0.1, 0.15) is 17.4 Å². The molecule has 0 amide bonds. The summed E-state index contributed by atoms with van der Waals surface area (Å²) in [6.45, 7) is 1.96. The summed E-state index contributed by atoms with van der Waals surface area (Å²) in [5, 5.41) is 11.5. The summed E-state index contributed by atoms with van der Waals surface area (Å²) < 4.78 is 18.1. The number of esters is 1. The van der Waals surface area contributed by atoms with Gasteiger partial charge in [0.1, 0.15) is 11.5 Å². The van der Waals surface area contributed by atoms with Crippen molar-refractivity contribution in [3.8, 4) is 11.4 Å². The van der Waals surface area contributed by atoms with Gasteiger partial charge in [-0.25, -0.2) is 9.18 Å². The maximum atomic E-state index is 13.1. The highest BCUT2D eigenvalue weighted by Crippen LogP contribution is 2.23. The summed E-state index contributed by atoms with van der Waals surface area (Å²) in [4.78, 5) is 16.0. The Balaban J connectivity index is 2.07. The summed E-state index contributed by atoms with van der Waals surface area (Å²) in [7, 11) is 0. The molecule has 0 atom stereocenters. The molecule has 6 nitrogen and oxygen atoms in total. The Morgan fingerprint density at radius 1 is 1.33 bits per heavy atom. The summed E-state index contributed by atoms with van der Waals surface area (Å²) >= 11 is 0. The molecule has 0 radical (unpaired) electrons. The van der Waals surface area contributed by atoms with E-state index in [2.05, 4.69) is 20.4 Å². The van der Waals surface area contributed by atoms with Crippen LogP contribution in [0.15, 0.2) is 30.5 Å². The quantitative estimate of drug-likeness (QED) is 0.747. The molecule has 0 fully saturated rings. The predicted molar refractivity (Wildman–Crippen MR) is 73.0 cm³/mol. The second-order valence-electron chi connectivity index (χ2n) is 4.32. The van der Waals surface area contributed by atoms with Gasteiger partial charge < -0.3 is 4.74 Å². The number of nitrogens with zero attached hydrogens (tertiary/aromatic N) is 3. The third-order valence-electron chi connectivity index (χ3n) is 2.95. The van der Waals surface area contributed by atoms with Crippen LogP contribution in [0.3, 0.4) is 0 Å². The van der Waals surface area contributed by atoms with E-state index < -0.39 is 5.97 Å². The molecule has 3 rings (SSSR count). The second kappa shape index (κ2) is 5.28. The molecule has 21 heavy (non-hydrogen) atoms. The lowest BCUT2D eigenvalue weighted by molar-refractivity contribution is 0.0520. The number of pyridine rings is 1. The fourth-order valence-corrected chi connectivity index (χ4v) is 1.99. The summed E-state index contributed by atoms with van der Waals surface area (Å²) in [6, 6.07) is 6.11. The van der Waals surface area contributed by atoms with Gasteiger partial charge in [-0.2, -0.15) is 0 Å². The lowest BCUT2D eigenvalue weighted by atomic mass is 10.1. The van der Waals surface area contributed by atoms with Crippen molar-refractivity contribution in [2.24, 2.45) is 0 Å². The van der Waals surface area contributed by atoms with Gasteiger partial charge >= 0.3 is 5.97 Å². The number of fused-ring (bicyclic) bond motifs is 1. The van der Waals surface area contributed by atoms with E-state index in [1.165, 1.54) is 18.3 Å². The molecule has 106 valence electrons. The number of carbonyl (C=O) groups is 1. The maximum Gasteiger partial charge on any atom is 0.358 e. The monoisotopic (exact) mass is 286 g/mol. The van der Waals surface area contributed by atoms with Crippen molar-refractivity contribution < 1.29 is 13.9 Å². The Bertz CT molecular complexity index is 816. The van der Waals surface area contributed by atoms with Crippen LogP contribution >= 0.6 is 0 Å². The molecule has 0 aliphatic carbocycles. The average molecular weight is 286 g/mol. The lowest BCUT2D eigenvalue weighted by Gasteiger charge is -2.03. The number of nitrogens with one attached hydrogen (secondary N) is 1. The normalized spacial score (nSPS) is 10.8. The molecule has 1 aromatic carbocycles. The van der Waals surface area contributed by atoms with Gasteiger partial charge in [-0.05, 0) is 30.5 Å². The minimum absolute atomic E-state index is 0.144. The highest BCUT2D eigenvalue weighted by molar-refractivity contribution is 5.94. The zero-order valence-electron chi connectivity index (χ0n) is 11.1. The Morgan fingerprint density at radius 3 is 3.00 bits per heavy atom. The number of aromatic nitrogens is 4. The van der Waals surface area contributed by atoms with Crippen molar-refractivity contribution >= 4 is 16.7 Å². The molecular formula is C14H11FN4O2. The number of hydrogen-bond donors (Lipinski definition) is 1. The smallest absolute Gasteiger partial charge is 0.358 e. The first-order chi connectivity index (χ1) is 10.2. The van der Waals surface area contributed by atoms with E-state index in [4.69, 9.17) is 4.74 Å². The zero-order chi connectivity index (χ0) is 14.8. The Hall–Kier alpha value is -2.83. The predicted octanol–water partition coefficient (Wildman–Crippen LogP) is 2.34. The first-order valence-electron chi connectivity index (χ1n) is 6.33. The first-order valence-corrected chi connectivity index (χ1v) is 6.33. The van der Waals surface area contributed by atoms with Gasteiger partial charge in [-0.3, -0.25) is 10.1 Å². The van der Waals surface area contributed by atoms with Crippen LogP contribution in [0.2, 0.25) is 0 Å². The second-order valence-corrected chi connectivity index (χ2v) is 4.32. The fraction of sp³-hybridized carbons (Fsp3) is 0.143. The molecule has 7 heteroatoms. The van der Waals surface area contributed by atoms with Crippen molar-refractivity contribution in [2.75, 3.05) is 6.61 Å². The van der Waals surface area contributed by atoms with Crippen LogP contribution in [0.4, 0.5) is 4.39 Å². The highest BCUT2D eigenvalue weighted by atomic mass is 19.1. The number of aromatic amines is 1. The molecule has 0 bridgehead atoms. The molecule has 3 aromatic rings. The van der Waals surface area contributed by atoms with Crippen molar-refractivity contribution in [1.29, 1.82) is 0 Å². The summed E-state index contributed by atoms with van der Waals surface area (Å²) in [5.41, 5.74) is 0.913. The number of rotatable bonds is 3. The zero-order valence-corrected chi connectivity index (χ0v) is 11.1. The number of halogens is 1. The van der Waals surface area contributed by atoms with Crippen molar-refractivity contribution in [2.45, 2.75) is 6.92 Å². The molecule has 1 N–H and O–H groups in total. The van der Waals surface area contributed by atoms with Gasteiger partial charge in [-0.15, -0.1) is 5.10 Å². The van der Waals surface area contributed by atoms with Gasteiger partial charge in [0.15, 0.2) is 5.69 Å². The van der Waals surface area contributed by atoms with Crippen molar-refractivity contribution in [1.82, 2.24) is 20.4 Å². The number of ether oxygens (including phenoxy) is 1. The minimum atomic E-state index is -0.543. The van der Waals surface area contributed by atoms with Crippen LogP contribution in [-0.4, -0.2) is 33.0 Å². The lowest BCUT2D eigenvalue weighted by Crippen LogP contribution is -2.07. The number of H-pyrrole nitrogens is 1. The van der Waals surface area contributed by atoms with E-state index in [1.807, 2.05) is 0 Å². The molecule has 0 saturated carbocycles. The van der Waals surface area contributed by atoms with Gasteiger partial charge in [0.05, 0.1) is 12.3 Å². The van der Waals surface area contributed by atoms with E-state index >= 15 is 0 Å². The maximum absolute atomic E-state index is 13.1. The summed E-state index contributed by atoms with van der Waals surface area (Å²) in [6.07, 6.45) is 1.53. The molecule has 2 heterocycles. The summed E-state index contributed by atoms with van der Waals surface area (Å²) in [5.74, 6) is -0.871. The van der Waals surface area contributed by atoms with Crippen LogP contribution in [0.5, 0.6) is 0 Å². The van der Waals surface area contributed by atoms with Gasteiger partial charge in [0.2, 0.25) is 0 Å². The van der Waals surface area contributed by atoms with Gasteiger partial charge in [-0.1, -0.05) is 11.3 Å². The molecular weight excluding hydrogens is 275 g/mol.